The van der Waals surface area contributed by atoms with Gasteiger partial charge in [0.1, 0.15) is 0 Å². The van der Waals surface area contributed by atoms with Crippen molar-refractivity contribution in [3.63, 3.8) is 0 Å². The summed E-state index contributed by atoms with van der Waals surface area (Å²) in [5, 5.41) is 3.64. The molecule has 1 aromatic rings. The molecule has 1 heterocycles. The number of benzene rings is 1. The third kappa shape index (κ3) is 1.62. The van der Waals surface area contributed by atoms with Gasteiger partial charge in [0.15, 0.2) is 0 Å². The van der Waals surface area contributed by atoms with E-state index < -0.39 is 0 Å². The molecule has 0 spiro atoms. The van der Waals surface area contributed by atoms with Gasteiger partial charge in [0.25, 0.3) is 0 Å². The molecule has 3 unspecified atom stereocenters. The van der Waals surface area contributed by atoms with E-state index in [9.17, 15) is 0 Å². The van der Waals surface area contributed by atoms with E-state index in [1.807, 2.05) is 18.2 Å². The molecule has 18 heavy (non-hydrogen) atoms. The first-order valence-corrected chi connectivity index (χ1v) is 6.58. The molecule has 2 fully saturated rings. The van der Waals surface area contributed by atoms with Crippen LogP contribution in [-0.4, -0.2) is 18.8 Å². The zero-order valence-electron chi connectivity index (χ0n) is 10.9. The van der Waals surface area contributed by atoms with E-state index in [1.165, 1.54) is 6.42 Å². The zero-order valence-corrected chi connectivity index (χ0v) is 10.9. The number of ether oxygens (including phenoxy) is 1. The van der Waals surface area contributed by atoms with E-state index in [0.717, 1.165) is 17.9 Å². The summed E-state index contributed by atoms with van der Waals surface area (Å²) in [5.74, 6) is 3.33. The minimum atomic E-state index is 0.202. The molecule has 94 valence electrons. The Labute approximate surface area is 109 Å². The van der Waals surface area contributed by atoms with Crippen molar-refractivity contribution in [3.05, 3.63) is 29.8 Å². The fourth-order valence-corrected chi connectivity index (χ4v) is 3.50. The largest absolute Gasteiger partial charge is 0.381 e. The highest BCUT2D eigenvalue weighted by Crippen LogP contribution is 2.53. The summed E-state index contributed by atoms with van der Waals surface area (Å²) in [6.45, 7) is 5.46. The Morgan fingerprint density at radius 1 is 1.44 bits per heavy atom. The highest BCUT2D eigenvalue weighted by Gasteiger charge is 2.59. The standard InChI is InChI=1S/C16H19NO/c1-4-11-6-5-7-12(10-11)17-14-13-8-9-18-15(13)16(14,2)3/h1,5-7,10,13-15,17H,8-9H2,2-3H3. The summed E-state index contributed by atoms with van der Waals surface area (Å²) in [7, 11) is 0. The highest BCUT2D eigenvalue weighted by molar-refractivity contribution is 5.51. The summed E-state index contributed by atoms with van der Waals surface area (Å²) in [4.78, 5) is 0. The van der Waals surface area contributed by atoms with Crippen LogP contribution >= 0.6 is 0 Å². The van der Waals surface area contributed by atoms with Crippen molar-refractivity contribution in [2.45, 2.75) is 32.4 Å². The Morgan fingerprint density at radius 2 is 2.28 bits per heavy atom. The first-order valence-electron chi connectivity index (χ1n) is 6.58. The van der Waals surface area contributed by atoms with Gasteiger partial charge in [-0.25, -0.2) is 0 Å². The Balaban J connectivity index is 1.78. The minimum Gasteiger partial charge on any atom is -0.381 e. The third-order valence-electron chi connectivity index (χ3n) is 4.45. The first kappa shape index (κ1) is 11.6. The van der Waals surface area contributed by atoms with Gasteiger partial charge in [-0.1, -0.05) is 25.8 Å². The smallest absolute Gasteiger partial charge is 0.0694 e. The van der Waals surface area contributed by atoms with Crippen molar-refractivity contribution in [2.24, 2.45) is 11.3 Å². The van der Waals surface area contributed by atoms with Gasteiger partial charge >= 0.3 is 0 Å². The van der Waals surface area contributed by atoms with Gasteiger partial charge < -0.3 is 10.1 Å². The molecule has 2 aliphatic rings. The van der Waals surface area contributed by atoms with Crippen LogP contribution in [0.25, 0.3) is 0 Å². The van der Waals surface area contributed by atoms with Gasteiger partial charge in [-0.05, 0) is 24.6 Å². The number of rotatable bonds is 2. The molecule has 2 nitrogen and oxygen atoms in total. The summed E-state index contributed by atoms with van der Waals surface area (Å²) in [5.41, 5.74) is 2.25. The SMILES string of the molecule is C#Cc1cccc(NC2C3CCOC3C2(C)C)c1. The third-order valence-corrected chi connectivity index (χ3v) is 4.45. The van der Waals surface area contributed by atoms with E-state index in [-0.39, 0.29) is 5.41 Å². The van der Waals surface area contributed by atoms with E-state index >= 15 is 0 Å². The van der Waals surface area contributed by atoms with Gasteiger partial charge in [-0.2, -0.15) is 0 Å². The summed E-state index contributed by atoms with van der Waals surface area (Å²) in [6.07, 6.45) is 7.03. The molecule has 1 saturated carbocycles. The molecule has 1 aliphatic carbocycles. The maximum atomic E-state index is 5.81. The van der Waals surface area contributed by atoms with Crippen molar-refractivity contribution in [1.29, 1.82) is 0 Å². The van der Waals surface area contributed by atoms with Crippen molar-refractivity contribution in [1.82, 2.24) is 0 Å². The molecule has 0 aromatic heterocycles. The Kier molecular flexibility index (Phi) is 2.60. The molecule has 0 radical (unpaired) electrons. The van der Waals surface area contributed by atoms with Crippen LogP contribution in [0.4, 0.5) is 5.69 Å². The van der Waals surface area contributed by atoms with Crippen molar-refractivity contribution in [3.8, 4) is 12.3 Å². The number of hydrogen-bond acceptors (Lipinski definition) is 2. The molecule has 3 rings (SSSR count). The van der Waals surface area contributed by atoms with Crippen LogP contribution in [0.3, 0.4) is 0 Å². The lowest BCUT2D eigenvalue weighted by molar-refractivity contribution is -0.0923. The number of hydrogen-bond donors (Lipinski definition) is 1. The van der Waals surface area contributed by atoms with Crippen LogP contribution < -0.4 is 5.32 Å². The highest BCUT2D eigenvalue weighted by atomic mass is 16.5. The fraction of sp³-hybridized carbons (Fsp3) is 0.500. The number of anilines is 1. The predicted molar refractivity (Wildman–Crippen MR) is 73.4 cm³/mol. The van der Waals surface area contributed by atoms with Crippen LogP contribution in [0.2, 0.25) is 0 Å². The topological polar surface area (TPSA) is 21.3 Å². The summed E-state index contributed by atoms with van der Waals surface area (Å²) in [6, 6.07) is 8.57. The normalized spacial score (nSPS) is 32.2. The molecule has 1 saturated heterocycles. The summed E-state index contributed by atoms with van der Waals surface area (Å²) >= 11 is 0. The molecule has 1 aliphatic heterocycles. The number of terminal acetylenes is 1. The Morgan fingerprint density at radius 3 is 3.06 bits per heavy atom. The molecule has 2 heteroatoms. The van der Waals surface area contributed by atoms with E-state index in [1.54, 1.807) is 0 Å². The van der Waals surface area contributed by atoms with Crippen molar-refractivity contribution in [2.75, 3.05) is 11.9 Å². The fourth-order valence-electron chi connectivity index (χ4n) is 3.50. The maximum Gasteiger partial charge on any atom is 0.0694 e. The number of nitrogens with one attached hydrogen (secondary N) is 1. The quantitative estimate of drug-likeness (QED) is 0.804. The molecule has 0 bridgehead atoms. The van der Waals surface area contributed by atoms with Crippen LogP contribution in [0.1, 0.15) is 25.8 Å². The first-order chi connectivity index (χ1) is 8.63. The lowest BCUT2D eigenvalue weighted by Gasteiger charge is -2.55. The maximum absolute atomic E-state index is 5.81. The molecular formula is C16H19NO. The van der Waals surface area contributed by atoms with Gasteiger partial charge in [0.2, 0.25) is 0 Å². The Bertz CT molecular complexity index is 500. The van der Waals surface area contributed by atoms with Crippen LogP contribution in [0.15, 0.2) is 24.3 Å². The second-order valence-electron chi connectivity index (χ2n) is 5.91. The summed E-state index contributed by atoms with van der Waals surface area (Å²) < 4.78 is 5.81. The average Bonchev–Trinajstić information content (AvgIpc) is 2.83. The monoisotopic (exact) mass is 241 g/mol. The van der Waals surface area contributed by atoms with Gasteiger partial charge in [0, 0.05) is 35.2 Å². The minimum absolute atomic E-state index is 0.202. The van der Waals surface area contributed by atoms with Gasteiger partial charge in [0.05, 0.1) is 6.10 Å². The molecule has 0 amide bonds. The van der Waals surface area contributed by atoms with Crippen LogP contribution in [0.5, 0.6) is 0 Å². The molecule has 1 N–H and O–H groups in total. The predicted octanol–water partition coefficient (Wildman–Crippen LogP) is 2.89. The lowest BCUT2D eigenvalue weighted by Crippen LogP contribution is -2.63. The van der Waals surface area contributed by atoms with Crippen LogP contribution in [0, 0.1) is 23.7 Å². The second kappa shape index (κ2) is 4.03. The van der Waals surface area contributed by atoms with E-state index in [4.69, 9.17) is 11.2 Å². The van der Waals surface area contributed by atoms with Crippen molar-refractivity contribution >= 4 is 5.69 Å². The van der Waals surface area contributed by atoms with E-state index in [0.29, 0.717) is 18.1 Å². The van der Waals surface area contributed by atoms with E-state index in [2.05, 4.69) is 31.2 Å². The molecule has 3 atom stereocenters. The molecular weight excluding hydrogens is 222 g/mol. The van der Waals surface area contributed by atoms with Crippen LogP contribution in [-0.2, 0) is 4.74 Å². The van der Waals surface area contributed by atoms with Gasteiger partial charge in [-0.3, -0.25) is 0 Å². The average molecular weight is 241 g/mol. The lowest BCUT2D eigenvalue weighted by atomic mass is 9.57. The zero-order chi connectivity index (χ0) is 12.8. The van der Waals surface area contributed by atoms with Gasteiger partial charge in [-0.15, -0.1) is 6.42 Å². The van der Waals surface area contributed by atoms with Crippen molar-refractivity contribution < 1.29 is 4.74 Å². The number of fused-ring (bicyclic) bond motifs is 1. The second-order valence-corrected chi connectivity index (χ2v) is 5.91. The molecule has 1 aromatic carbocycles. The Hall–Kier alpha value is -1.46.